The van der Waals surface area contributed by atoms with Gasteiger partial charge in [0.25, 0.3) is 0 Å². The van der Waals surface area contributed by atoms with E-state index >= 15 is 0 Å². The summed E-state index contributed by atoms with van der Waals surface area (Å²) < 4.78 is 10.6. The molecular formula is C19H26N2O3. The highest BCUT2D eigenvalue weighted by atomic mass is 16.6. The summed E-state index contributed by atoms with van der Waals surface area (Å²) in [4.78, 5) is 11.7. The van der Waals surface area contributed by atoms with E-state index in [1.165, 1.54) is 0 Å². The highest BCUT2D eigenvalue weighted by Crippen LogP contribution is 2.28. The Kier molecular flexibility index (Phi) is 5.67. The SMILES string of the molecule is COc1ccc(CC(N)CNC(=O)OC(C)(C)C)c2ccccc12. The zero-order valence-corrected chi connectivity index (χ0v) is 14.8. The number of ether oxygens (including phenoxy) is 2. The van der Waals surface area contributed by atoms with Gasteiger partial charge in [0.05, 0.1) is 7.11 Å². The molecule has 0 spiro atoms. The average molecular weight is 330 g/mol. The van der Waals surface area contributed by atoms with Crippen LogP contribution in [0.25, 0.3) is 10.8 Å². The molecular weight excluding hydrogens is 304 g/mol. The van der Waals surface area contributed by atoms with Crippen LogP contribution in [0.15, 0.2) is 36.4 Å². The number of nitrogens with one attached hydrogen (secondary N) is 1. The van der Waals surface area contributed by atoms with Gasteiger partial charge in [-0.3, -0.25) is 0 Å². The largest absolute Gasteiger partial charge is 0.496 e. The van der Waals surface area contributed by atoms with Crippen LogP contribution in [0.4, 0.5) is 4.79 Å². The molecule has 0 fully saturated rings. The molecule has 24 heavy (non-hydrogen) atoms. The van der Waals surface area contributed by atoms with Crippen LogP contribution in [0, 0.1) is 0 Å². The fourth-order valence-corrected chi connectivity index (χ4v) is 2.57. The van der Waals surface area contributed by atoms with Gasteiger partial charge in [0, 0.05) is 18.0 Å². The molecule has 2 aromatic carbocycles. The first-order valence-electron chi connectivity index (χ1n) is 8.07. The Hall–Kier alpha value is -2.27. The normalized spacial score (nSPS) is 12.7. The maximum atomic E-state index is 11.7. The second-order valence-corrected chi connectivity index (χ2v) is 6.82. The Labute approximate surface area is 143 Å². The van der Waals surface area contributed by atoms with Crippen LogP contribution in [-0.2, 0) is 11.2 Å². The van der Waals surface area contributed by atoms with E-state index in [0.717, 1.165) is 22.1 Å². The Morgan fingerprint density at radius 2 is 1.83 bits per heavy atom. The Bertz CT molecular complexity index is 707. The minimum absolute atomic E-state index is 0.200. The number of benzene rings is 2. The third kappa shape index (κ3) is 4.86. The highest BCUT2D eigenvalue weighted by Gasteiger charge is 2.17. The minimum Gasteiger partial charge on any atom is -0.496 e. The first-order valence-corrected chi connectivity index (χ1v) is 8.07. The molecule has 0 radical (unpaired) electrons. The number of hydrogen-bond donors (Lipinski definition) is 2. The lowest BCUT2D eigenvalue weighted by Gasteiger charge is -2.21. The van der Waals surface area contributed by atoms with E-state index in [1.54, 1.807) is 7.11 Å². The highest BCUT2D eigenvalue weighted by molar-refractivity contribution is 5.91. The smallest absolute Gasteiger partial charge is 0.407 e. The number of nitrogens with two attached hydrogens (primary N) is 1. The third-order valence-corrected chi connectivity index (χ3v) is 3.58. The molecule has 2 aromatic rings. The van der Waals surface area contributed by atoms with E-state index in [9.17, 15) is 4.79 Å². The molecule has 130 valence electrons. The number of methoxy groups -OCH3 is 1. The summed E-state index contributed by atoms with van der Waals surface area (Å²) in [5.74, 6) is 0.842. The summed E-state index contributed by atoms with van der Waals surface area (Å²) in [6.45, 7) is 5.84. The van der Waals surface area contributed by atoms with Gasteiger partial charge in [-0.05, 0) is 44.2 Å². The number of rotatable bonds is 5. The van der Waals surface area contributed by atoms with Gasteiger partial charge >= 0.3 is 6.09 Å². The minimum atomic E-state index is -0.514. The molecule has 0 heterocycles. The molecule has 1 atom stereocenters. The van der Waals surface area contributed by atoms with Crippen molar-refractivity contribution < 1.29 is 14.3 Å². The van der Waals surface area contributed by atoms with Crippen LogP contribution in [0.5, 0.6) is 5.75 Å². The van der Waals surface area contributed by atoms with Crippen LogP contribution in [-0.4, -0.2) is 31.4 Å². The van der Waals surface area contributed by atoms with Crippen molar-refractivity contribution in [2.75, 3.05) is 13.7 Å². The summed E-state index contributed by atoms with van der Waals surface area (Å²) in [5.41, 5.74) is 6.79. The number of carbonyl (C=O) groups is 1. The lowest BCUT2D eigenvalue weighted by atomic mass is 9.98. The number of carbonyl (C=O) groups excluding carboxylic acids is 1. The molecule has 0 aromatic heterocycles. The third-order valence-electron chi connectivity index (χ3n) is 3.58. The van der Waals surface area contributed by atoms with Gasteiger partial charge in [0.2, 0.25) is 0 Å². The van der Waals surface area contributed by atoms with Crippen molar-refractivity contribution in [1.29, 1.82) is 0 Å². The quantitative estimate of drug-likeness (QED) is 0.882. The Balaban J connectivity index is 2.03. The topological polar surface area (TPSA) is 73.6 Å². The van der Waals surface area contributed by atoms with E-state index in [2.05, 4.69) is 11.4 Å². The van der Waals surface area contributed by atoms with E-state index in [4.69, 9.17) is 15.2 Å². The molecule has 0 aliphatic carbocycles. The van der Waals surface area contributed by atoms with Crippen molar-refractivity contribution >= 4 is 16.9 Å². The van der Waals surface area contributed by atoms with Gasteiger partial charge in [-0.1, -0.05) is 30.3 Å². The molecule has 0 aliphatic rings. The molecule has 1 amide bonds. The standard InChI is InChI=1S/C19H26N2O3/c1-19(2,3)24-18(22)21-12-14(20)11-13-9-10-17(23-4)16-8-6-5-7-15(13)16/h5-10,14H,11-12,20H2,1-4H3,(H,21,22). The van der Waals surface area contributed by atoms with E-state index in [0.29, 0.717) is 13.0 Å². The summed E-state index contributed by atoms with van der Waals surface area (Å²) >= 11 is 0. The zero-order chi connectivity index (χ0) is 17.7. The second kappa shape index (κ2) is 7.53. The van der Waals surface area contributed by atoms with Crippen LogP contribution in [0.1, 0.15) is 26.3 Å². The van der Waals surface area contributed by atoms with Crippen LogP contribution >= 0.6 is 0 Å². The average Bonchev–Trinajstić information content (AvgIpc) is 2.52. The van der Waals surface area contributed by atoms with Gasteiger partial charge < -0.3 is 20.5 Å². The van der Waals surface area contributed by atoms with Crippen molar-refractivity contribution in [2.24, 2.45) is 5.73 Å². The lowest BCUT2D eigenvalue weighted by molar-refractivity contribution is 0.0524. The van der Waals surface area contributed by atoms with Gasteiger partial charge in [-0.15, -0.1) is 0 Å². The zero-order valence-electron chi connectivity index (χ0n) is 14.8. The predicted molar refractivity (Wildman–Crippen MR) is 96.4 cm³/mol. The molecule has 3 N–H and O–H groups in total. The molecule has 0 saturated carbocycles. The Morgan fingerprint density at radius 1 is 1.17 bits per heavy atom. The molecule has 0 aliphatic heterocycles. The van der Waals surface area contributed by atoms with Gasteiger partial charge in [-0.25, -0.2) is 4.79 Å². The second-order valence-electron chi connectivity index (χ2n) is 6.82. The van der Waals surface area contributed by atoms with Crippen molar-refractivity contribution in [2.45, 2.75) is 38.8 Å². The van der Waals surface area contributed by atoms with Crippen molar-refractivity contribution in [1.82, 2.24) is 5.32 Å². The maximum Gasteiger partial charge on any atom is 0.407 e. The fraction of sp³-hybridized carbons (Fsp3) is 0.421. The maximum absolute atomic E-state index is 11.7. The number of amides is 1. The van der Waals surface area contributed by atoms with E-state index in [1.807, 2.05) is 51.1 Å². The molecule has 0 bridgehead atoms. The molecule has 1 unspecified atom stereocenters. The summed E-state index contributed by atoms with van der Waals surface area (Å²) in [7, 11) is 1.66. The van der Waals surface area contributed by atoms with E-state index in [-0.39, 0.29) is 6.04 Å². The summed E-state index contributed by atoms with van der Waals surface area (Å²) in [6.07, 6.45) is 0.206. The van der Waals surface area contributed by atoms with Crippen molar-refractivity contribution in [3.8, 4) is 5.75 Å². The molecule has 0 saturated heterocycles. The lowest BCUT2D eigenvalue weighted by Crippen LogP contribution is -2.41. The van der Waals surface area contributed by atoms with Gasteiger partial charge in [0.1, 0.15) is 11.4 Å². The van der Waals surface area contributed by atoms with E-state index < -0.39 is 11.7 Å². The summed E-state index contributed by atoms with van der Waals surface area (Å²) in [5, 5.41) is 4.89. The van der Waals surface area contributed by atoms with Crippen LogP contribution in [0.3, 0.4) is 0 Å². The number of fused-ring (bicyclic) bond motifs is 1. The fourth-order valence-electron chi connectivity index (χ4n) is 2.57. The van der Waals surface area contributed by atoms with Crippen LogP contribution < -0.4 is 15.8 Å². The summed E-state index contributed by atoms with van der Waals surface area (Å²) in [6, 6.07) is 11.8. The van der Waals surface area contributed by atoms with Gasteiger partial charge in [0.15, 0.2) is 0 Å². The monoisotopic (exact) mass is 330 g/mol. The predicted octanol–water partition coefficient (Wildman–Crippen LogP) is 3.24. The van der Waals surface area contributed by atoms with Gasteiger partial charge in [-0.2, -0.15) is 0 Å². The number of alkyl carbamates (subject to hydrolysis) is 1. The first-order chi connectivity index (χ1) is 11.3. The molecule has 5 heteroatoms. The Morgan fingerprint density at radius 3 is 2.46 bits per heavy atom. The van der Waals surface area contributed by atoms with Crippen molar-refractivity contribution in [3.63, 3.8) is 0 Å². The van der Waals surface area contributed by atoms with Crippen LogP contribution in [0.2, 0.25) is 0 Å². The number of hydrogen-bond acceptors (Lipinski definition) is 4. The molecule has 5 nitrogen and oxygen atoms in total. The van der Waals surface area contributed by atoms with Crippen molar-refractivity contribution in [3.05, 3.63) is 42.0 Å². The molecule has 2 rings (SSSR count). The first kappa shape index (κ1) is 18.1.